The average molecular weight is 358 g/mol. The van der Waals surface area contributed by atoms with Gasteiger partial charge in [-0.3, -0.25) is 9.59 Å². The third kappa shape index (κ3) is 6.17. The highest BCUT2D eigenvalue weighted by atomic mass is 16.6. The van der Waals surface area contributed by atoms with E-state index in [9.17, 15) is 9.59 Å². The molecule has 0 fully saturated rings. The van der Waals surface area contributed by atoms with Gasteiger partial charge < -0.3 is 9.47 Å². The summed E-state index contributed by atoms with van der Waals surface area (Å²) in [6.07, 6.45) is 4.49. The molecular formula is C22H30O4. The largest absolute Gasteiger partial charge is 0.422 e. The van der Waals surface area contributed by atoms with Crippen molar-refractivity contribution in [2.24, 2.45) is 23.7 Å². The third-order valence-corrected chi connectivity index (χ3v) is 4.33. The van der Waals surface area contributed by atoms with E-state index in [2.05, 4.69) is 13.2 Å². The number of allylic oxidation sites excluding steroid dienone is 2. The summed E-state index contributed by atoms with van der Waals surface area (Å²) >= 11 is 0. The van der Waals surface area contributed by atoms with Crippen molar-refractivity contribution in [3.8, 4) is 11.5 Å². The first-order chi connectivity index (χ1) is 12.3. The molecule has 0 bridgehead atoms. The van der Waals surface area contributed by atoms with Gasteiger partial charge >= 0.3 is 11.9 Å². The van der Waals surface area contributed by atoms with E-state index in [-0.39, 0.29) is 47.1 Å². The first-order valence-electron chi connectivity index (χ1n) is 9.06. The Bertz CT molecular complexity index is 576. The lowest BCUT2D eigenvalue weighted by Gasteiger charge is -2.20. The zero-order valence-electron chi connectivity index (χ0n) is 16.2. The van der Waals surface area contributed by atoms with Gasteiger partial charge in [0, 0.05) is 0 Å². The number of esters is 2. The summed E-state index contributed by atoms with van der Waals surface area (Å²) in [5.74, 6) is -0.546. The summed E-state index contributed by atoms with van der Waals surface area (Å²) in [6.45, 7) is 15.2. The highest BCUT2D eigenvalue weighted by molar-refractivity contribution is 5.79. The Balaban J connectivity index is 2.97. The lowest BCUT2D eigenvalue weighted by molar-refractivity contribution is -0.143. The Labute approximate surface area is 156 Å². The highest BCUT2D eigenvalue weighted by Crippen LogP contribution is 2.30. The van der Waals surface area contributed by atoms with Crippen LogP contribution in [0.5, 0.6) is 11.5 Å². The van der Waals surface area contributed by atoms with Crippen LogP contribution in [-0.4, -0.2) is 11.9 Å². The molecule has 4 nitrogen and oxygen atoms in total. The Morgan fingerprint density at radius 2 is 1.19 bits per heavy atom. The maximum absolute atomic E-state index is 12.5. The van der Waals surface area contributed by atoms with Crippen LogP contribution in [0.1, 0.15) is 40.5 Å². The topological polar surface area (TPSA) is 52.6 Å². The summed E-state index contributed by atoms with van der Waals surface area (Å²) in [7, 11) is 0. The molecule has 0 spiro atoms. The van der Waals surface area contributed by atoms with Crippen molar-refractivity contribution in [3.05, 3.63) is 49.6 Å². The van der Waals surface area contributed by atoms with Gasteiger partial charge in [0.25, 0.3) is 0 Å². The number of carbonyl (C=O) groups is 2. The number of hydrogen-bond acceptors (Lipinski definition) is 4. The van der Waals surface area contributed by atoms with Crippen LogP contribution in [0.25, 0.3) is 0 Å². The molecule has 0 aromatic heterocycles. The van der Waals surface area contributed by atoms with Crippen molar-refractivity contribution in [1.82, 2.24) is 0 Å². The first-order valence-corrected chi connectivity index (χ1v) is 9.06. The molecule has 0 unspecified atom stereocenters. The Morgan fingerprint density at radius 1 is 0.846 bits per heavy atom. The fourth-order valence-corrected chi connectivity index (χ4v) is 2.63. The fourth-order valence-electron chi connectivity index (χ4n) is 2.63. The number of rotatable bonds is 10. The molecule has 4 heteroatoms. The standard InChI is InChI=1S/C22H30O4/c1-7-11-17(15(3)4)21(23)25-19-13-9-10-14-20(19)26-22(24)18(12-8-2)16(5)6/h7-10,13-18H,1-2,11-12H2,3-6H3/t17-,18+. The molecule has 0 saturated heterocycles. The van der Waals surface area contributed by atoms with Gasteiger partial charge in [0.05, 0.1) is 11.8 Å². The number of carbonyl (C=O) groups excluding carboxylic acids is 2. The second-order valence-corrected chi connectivity index (χ2v) is 7.04. The van der Waals surface area contributed by atoms with Crippen LogP contribution in [0.4, 0.5) is 0 Å². The molecule has 0 aliphatic rings. The SMILES string of the molecule is C=CC[C@H](C(=O)Oc1ccccc1OC(=O)[C@H](CC=C)C(C)C)C(C)C. The van der Waals surface area contributed by atoms with E-state index in [0.717, 1.165) is 0 Å². The predicted molar refractivity (Wildman–Crippen MR) is 104 cm³/mol. The van der Waals surface area contributed by atoms with E-state index < -0.39 is 0 Å². The minimum atomic E-state index is -0.352. The summed E-state index contributed by atoms with van der Waals surface area (Å²) in [5, 5.41) is 0. The molecule has 142 valence electrons. The molecule has 0 aliphatic carbocycles. The van der Waals surface area contributed by atoms with Gasteiger partial charge in [-0.25, -0.2) is 0 Å². The van der Waals surface area contributed by atoms with Gasteiger partial charge in [0.15, 0.2) is 11.5 Å². The van der Waals surface area contributed by atoms with Gasteiger partial charge in [0.1, 0.15) is 0 Å². The second-order valence-electron chi connectivity index (χ2n) is 7.04. The molecule has 1 aromatic rings. The summed E-state index contributed by atoms with van der Waals surface area (Å²) in [6, 6.07) is 6.73. The average Bonchev–Trinajstić information content (AvgIpc) is 2.58. The normalized spacial score (nSPS) is 13.2. The number of hydrogen-bond donors (Lipinski definition) is 0. The van der Waals surface area contributed by atoms with Crippen molar-refractivity contribution >= 4 is 11.9 Å². The van der Waals surface area contributed by atoms with Gasteiger partial charge in [0.2, 0.25) is 0 Å². The van der Waals surface area contributed by atoms with E-state index in [1.807, 2.05) is 27.7 Å². The summed E-state index contributed by atoms with van der Waals surface area (Å²) in [5.41, 5.74) is 0. The molecule has 0 N–H and O–H groups in total. The second kappa shape index (κ2) is 10.6. The van der Waals surface area contributed by atoms with Crippen molar-refractivity contribution in [1.29, 1.82) is 0 Å². The number of benzene rings is 1. The molecule has 1 rings (SSSR count). The van der Waals surface area contributed by atoms with Gasteiger partial charge in [-0.2, -0.15) is 0 Å². The molecule has 0 heterocycles. The molecule has 0 radical (unpaired) electrons. The van der Waals surface area contributed by atoms with Crippen LogP contribution in [0.3, 0.4) is 0 Å². The van der Waals surface area contributed by atoms with E-state index in [4.69, 9.17) is 9.47 Å². The van der Waals surface area contributed by atoms with Gasteiger partial charge in [-0.1, -0.05) is 52.0 Å². The number of ether oxygens (including phenoxy) is 2. The van der Waals surface area contributed by atoms with Crippen LogP contribution in [0.2, 0.25) is 0 Å². The molecule has 1 aromatic carbocycles. The summed E-state index contributed by atoms with van der Waals surface area (Å²) in [4.78, 5) is 25.0. The van der Waals surface area contributed by atoms with Gasteiger partial charge in [-0.15, -0.1) is 13.2 Å². The molecule has 0 amide bonds. The monoisotopic (exact) mass is 358 g/mol. The molecule has 26 heavy (non-hydrogen) atoms. The Morgan fingerprint density at radius 3 is 1.46 bits per heavy atom. The highest BCUT2D eigenvalue weighted by Gasteiger charge is 2.26. The van der Waals surface area contributed by atoms with Crippen LogP contribution in [0.15, 0.2) is 49.6 Å². The van der Waals surface area contributed by atoms with Crippen LogP contribution >= 0.6 is 0 Å². The van der Waals surface area contributed by atoms with E-state index in [1.165, 1.54) is 0 Å². The zero-order chi connectivity index (χ0) is 19.7. The maximum Gasteiger partial charge on any atom is 0.315 e. The Hall–Kier alpha value is -2.36. The smallest absolute Gasteiger partial charge is 0.315 e. The predicted octanol–water partition coefficient (Wildman–Crippen LogP) is 5.19. The van der Waals surface area contributed by atoms with E-state index >= 15 is 0 Å². The van der Waals surface area contributed by atoms with Crippen molar-refractivity contribution in [2.45, 2.75) is 40.5 Å². The molecule has 2 atom stereocenters. The third-order valence-electron chi connectivity index (χ3n) is 4.33. The zero-order valence-corrected chi connectivity index (χ0v) is 16.2. The van der Waals surface area contributed by atoms with Crippen LogP contribution in [0, 0.1) is 23.7 Å². The van der Waals surface area contributed by atoms with Gasteiger partial charge in [-0.05, 0) is 36.8 Å². The van der Waals surface area contributed by atoms with Crippen molar-refractivity contribution in [2.75, 3.05) is 0 Å². The molecular weight excluding hydrogens is 328 g/mol. The minimum absolute atomic E-state index is 0.119. The van der Waals surface area contributed by atoms with Crippen LogP contribution < -0.4 is 9.47 Å². The van der Waals surface area contributed by atoms with E-state index in [0.29, 0.717) is 12.8 Å². The minimum Gasteiger partial charge on any atom is -0.422 e. The lowest BCUT2D eigenvalue weighted by Crippen LogP contribution is -2.26. The van der Waals surface area contributed by atoms with Crippen LogP contribution in [-0.2, 0) is 9.59 Å². The van der Waals surface area contributed by atoms with Crippen molar-refractivity contribution in [3.63, 3.8) is 0 Å². The lowest BCUT2D eigenvalue weighted by atomic mass is 9.92. The summed E-state index contributed by atoms with van der Waals surface area (Å²) < 4.78 is 11.1. The molecule has 0 aliphatic heterocycles. The maximum atomic E-state index is 12.5. The van der Waals surface area contributed by atoms with E-state index in [1.54, 1.807) is 36.4 Å². The van der Waals surface area contributed by atoms with Crippen molar-refractivity contribution < 1.29 is 19.1 Å². The number of para-hydroxylation sites is 2. The quantitative estimate of drug-likeness (QED) is 0.328. The fraction of sp³-hybridized carbons (Fsp3) is 0.455. The first kappa shape index (κ1) is 21.7. The Kier molecular flexibility index (Phi) is 8.83. The molecule has 0 saturated carbocycles.